The van der Waals surface area contributed by atoms with Gasteiger partial charge in [-0.2, -0.15) is 0 Å². The van der Waals surface area contributed by atoms with Crippen molar-refractivity contribution in [1.82, 2.24) is 0 Å². The van der Waals surface area contributed by atoms with Crippen molar-refractivity contribution >= 4 is 48.9 Å². The molecular formula is BaF8GdHo. The first-order chi connectivity index (χ1) is 0. The summed E-state index contributed by atoms with van der Waals surface area (Å²) in [4.78, 5) is 0. The summed E-state index contributed by atoms with van der Waals surface area (Å²) in [6.07, 6.45) is 0. The molecule has 0 aliphatic carbocycles. The minimum absolute atomic E-state index is 0. The summed E-state index contributed by atoms with van der Waals surface area (Å²) in [7, 11) is 0. The molecule has 0 amide bonds. The van der Waals surface area contributed by atoms with Gasteiger partial charge in [0, 0.05) is 0 Å². The Kier molecular flexibility index (Phi) is 3160. The van der Waals surface area contributed by atoms with E-state index in [1.165, 1.54) is 0 Å². The molecule has 0 aliphatic heterocycles. The van der Waals surface area contributed by atoms with Gasteiger partial charge < -0.3 is 37.6 Å². The molecule has 0 unspecified atom stereocenters. The van der Waals surface area contributed by atoms with Gasteiger partial charge in [-0.05, 0) is 0 Å². The van der Waals surface area contributed by atoms with E-state index in [0.29, 0.717) is 0 Å². The van der Waals surface area contributed by atoms with Gasteiger partial charge in [0.2, 0.25) is 0 Å². The van der Waals surface area contributed by atoms with Gasteiger partial charge in [-0.25, -0.2) is 0 Å². The number of hydrogen-bond donors (Lipinski definition) is 0. The second-order valence-electron chi connectivity index (χ2n) is 0. The topological polar surface area (TPSA) is 0 Å². The van der Waals surface area contributed by atoms with Gasteiger partial charge >= 0.3 is 127 Å². The number of halogens is 8. The van der Waals surface area contributed by atoms with Gasteiger partial charge in [0.15, 0.2) is 0 Å². The third kappa shape index (κ3) is 141. The molecule has 0 aromatic rings. The van der Waals surface area contributed by atoms with Gasteiger partial charge in [-0.1, -0.05) is 0 Å². The van der Waals surface area contributed by atoms with E-state index < -0.39 is 0 Å². The molecule has 0 N–H and O–H groups in total. The smallest absolute Gasteiger partial charge is 1.00 e. The zero-order chi connectivity index (χ0) is 0. The molecule has 0 aromatic heterocycles. The van der Waals surface area contributed by atoms with Crippen LogP contribution >= 0.6 is 0 Å². The Morgan fingerprint density at radius 1 is 0.364 bits per heavy atom. The van der Waals surface area contributed by atoms with Crippen LogP contribution in [0.1, 0.15) is 0 Å². The van der Waals surface area contributed by atoms with Gasteiger partial charge in [0.25, 0.3) is 0 Å². The quantitative estimate of drug-likeness (QED) is 0.189. The molecule has 0 fully saturated rings. The summed E-state index contributed by atoms with van der Waals surface area (Å²) in [6, 6.07) is 0. The maximum atomic E-state index is 0. The molecule has 0 nitrogen and oxygen atoms in total. The van der Waals surface area contributed by atoms with Crippen molar-refractivity contribution in [1.29, 1.82) is 0 Å². The standard InChI is InChI=1S/Ba.8FH.Gd.Ho/h;8*1H;;/q+2;;;;;;;;;2*+3/p-8. The summed E-state index contributed by atoms with van der Waals surface area (Å²) in [5.74, 6) is 0. The van der Waals surface area contributed by atoms with Gasteiger partial charge in [-0.15, -0.1) is 0 Å². The molecule has 1 radical (unpaired) electrons. The Balaban J connectivity index is 0. The van der Waals surface area contributed by atoms with Crippen molar-refractivity contribution in [3.63, 3.8) is 0 Å². The second-order valence-corrected chi connectivity index (χ2v) is 0. The Hall–Kier alpha value is 3.60. The van der Waals surface area contributed by atoms with E-state index in [-0.39, 0.29) is 164 Å². The zero-order valence-electron chi connectivity index (χ0n) is 4.39. The van der Waals surface area contributed by atoms with Crippen LogP contribution in [0.25, 0.3) is 0 Å². The van der Waals surface area contributed by atoms with Crippen molar-refractivity contribution in [2.45, 2.75) is 0 Å². The van der Waals surface area contributed by atoms with Gasteiger partial charge in [0.05, 0.1) is 0 Å². The van der Waals surface area contributed by atoms with Crippen LogP contribution in [0.15, 0.2) is 0 Å². The van der Waals surface area contributed by atoms with Gasteiger partial charge in [-0.3, -0.25) is 0 Å². The Labute approximate surface area is 160 Å². The maximum absolute atomic E-state index is 0. The molecule has 0 heterocycles. The Morgan fingerprint density at radius 2 is 0.364 bits per heavy atom. The summed E-state index contributed by atoms with van der Waals surface area (Å²) in [5, 5.41) is 0. The molecule has 0 spiro atoms. The monoisotopic (exact) mass is 613 g/mol. The molecule has 0 aromatic carbocycles. The van der Waals surface area contributed by atoms with E-state index >= 15 is 0 Å². The van der Waals surface area contributed by atoms with E-state index in [0.717, 1.165) is 0 Å². The minimum Gasteiger partial charge on any atom is -1.00 e. The summed E-state index contributed by atoms with van der Waals surface area (Å²) < 4.78 is 0. The molecule has 0 saturated heterocycles. The van der Waals surface area contributed by atoms with E-state index in [1.807, 2.05) is 0 Å². The Bertz CT molecular complexity index is 14.1. The molecule has 11 heteroatoms. The fourth-order valence-corrected chi connectivity index (χ4v) is 0. The van der Waals surface area contributed by atoms with Gasteiger partial charge in [0.1, 0.15) is 0 Å². The van der Waals surface area contributed by atoms with Crippen LogP contribution in [0.3, 0.4) is 0 Å². The van der Waals surface area contributed by atoms with E-state index in [2.05, 4.69) is 0 Å². The first kappa shape index (κ1) is 209. The molecule has 0 aliphatic rings. The van der Waals surface area contributed by atoms with E-state index in [1.54, 1.807) is 0 Å². The summed E-state index contributed by atoms with van der Waals surface area (Å²) >= 11 is 0. The van der Waals surface area contributed by atoms with Crippen LogP contribution < -0.4 is 37.6 Å². The zero-order valence-corrected chi connectivity index (χ0v) is 13.0. The molecule has 11 heavy (non-hydrogen) atoms. The first-order valence-electron chi connectivity index (χ1n) is 0. The van der Waals surface area contributed by atoms with Crippen molar-refractivity contribution < 1.29 is 115 Å². The predicted molar refractivity (Wildman–Crippen MR) is 5.75 cm³/mol. The molecule has 0 atom stereocenters. The number of hydrogen-bond acceptors (Lipinski definition) is 0. The normalized spacial score (nSPS) is 0. The van der Waals surface area contributed by atoms with Crippen LogP contribution in [-0.4, -0.2) is 48.9 Å². The number of rotatable bonds is 0. The van der Waals surface area contributed by atoms with Crippen LogP contribution in [0.4, 0.5) is 0 Å². The molecule has 0 rings (SSSR count). The van der Waals surface area contributed by atoms with Crippen molar-refractivity contribution in [3.8, 4) is 0 Å². The SMILES string of the molecule is [Ba+2].[F-].[F-].[F-].[F-].[F-].[F-].[F-].[F-].[Gd+3].[Ho+3]. The van der Waals surface area contributed by atoms with Crippen molar-refractivity contribution in [3.05, 3.63) is 0 Å². The third-order valence-electron chi connectivity index (χ3n) is 0. The van der Waals surface area contributed by atoms with Crippen LogP contribution in [-0.2, 0) is 0 Å². The van der Waals surface area contributed by atoms with Crippen LogP contribution in [0.5, 0.6) is 0 Å². The van der Waals surface area contributed by atoms with Crippen molar-refractivity contribution in [2.24, 2.45) is 0 Å². The molecule has 0 saturated carbocycles. The van der Waals surface area contributed by atoms with E-state index in [9.17, 15) is 0 Å². The molecule has 77 valence electrons. The fraction of sp³-hybridized carbons (Fsp3) is 0. The Morgan fingerprint density at radius 3 is 0.364 bits per heavy atom. The van der Waals surface area contributed by atoms with E-state index in [4.69, 9.17) is 0 Å². The first-order valence-corrected chi connectivity index (χ1v) is 0. The van der Waals surface area contributed by atoms with Crippen LogP contribution in [0.2, 0.25) is 0 Å². The third-order valence-corrected chi connectivity index (χ3v) is 0. The second kappa shape index (κ2) is 167. The van der Waals surface area contributed by atoms with Crippen molar-refractivity contribution in [2.75, 3.05) is 0 Å². The van der Waals surface area contributed by atoms with Crippen LogP contribution in [0, 0.1) is 77.7 Å². The average Bonchev–Trinajstić information content (AvgIpc) is 0. The largest absolute Gasteiger partial charge is 3.00 e. The maximum Gasteiger partial charge on any atom is 3.00 e. The molecule has 0 bridgehead atoms. The summed E-state index contributed by atoms with van der Waals surface area (Å²) in [5.41, 5.74) is 0. The average molecular weight is 611 g/mol. The summed E-state index contributed by atoms with van der Waals surface area (Å²) in [6.45, 7) is 0. The minimum atomic E-state index is 0. The predicted octanol–water partition coefficient (Wildman–Crippen LogP) is -24.3. The fourth-order valence-electron chi connectivity index (χ4n) is 0. The molecular weight excluding hydrogens is 611 g/mol.